The van der Waals surface area contributed by atoms with E-state index >= 15 is 0 Å². The molecule has 1 aromatic heterocycles. The molecule has 2 aliphatic heterocycles. The maximum atomic E-state index is 12.4. The van der Waals surface area contributed by atoms with E-state index in [-0.39, 0.29) is 24.0 Å². The second-order valence-electron chi connectivity index (χ2n) is 9.78. The zero-order valence-corrected chi connectivity index (χ0v) is 21.4. The van der Waals surface area contributed by atoms with Crippen LogP contribution in [0, 0.1) is 0 Å². The molecule has 2 saturated heterocycles. The first-order valence-electron chi connectivity index (χ1n) is 12.3. The van der Waals surface area contributed by atoms with Gasteiger partial charge in [0.05, 0.1) is 18.7 Å². The molecule has 11 nitrogen and oxygen atoms in total. The lowest BCUT2D eigenvalue weighted by Crippen LogP contribution is -2.43. The Morgan fingerprint density at radius 1 is 1.19 bits per heavy atom. The van der Waals surface area contributed by atoms with Gasteiger partial charge in [0.1, 0.15) is 11.6 Å². The number of para-hydroxylation sites is 1. The van der Waals surface area contributed by atoms with Crippen molar-refractivity contribution in [2.24, 2.45) is 0 Å². The van der Waals surface area contributed by atoms with Gasteiger partial charge in [-0.2, -0.15) is 0 Å². The van der Waals surface area contributed by atoms with Gasteiger partial charge < -0.3 is 19.2 Å². The summed E-state index contributed by atoms with van der Waals surface area (Å²) in [4.78, 5) is 48.9. The number of carbonyl (C=O) groups is 3. The van der Waals surface area contributed by atoms with Gasteiger partial charge in [-0.05, 0) is 58.2 Å². The van der Waals surface area contributed by atoms with Gasteiger partial charge in [0, 0.05) is 26.6 Å². The van der Waals surface area contributed by atoms with Crippen molar-refractivity contribution >= 4 is 29.0 Å². The van der Waals surface area contributed by atoms with Gasteiger partial charge >= 0.3 is 11.8 Å². The smallest absolute Gasteiger partial charge is 0.420 e. The number of imide groups is 1. The Kier molecular flexibility index (Phi) is 9.27. The lowest BCUT2D eigenvalue weighted by Gasteiger charge is -2.26. The summed E-state index contributed by atoms with van der Waals surface area (Å²) in [5, 5.41) is 4.66. The number of amides is 3. The number of alkyl carbamates (subject to hydrolysis) is 1. The zero-order valence-electron chi connectivity index (χ0n) is 21.4. The first-order valence-corrected chi connectivity index (χ1v) is 12.3. The summed E-state index contributed by atoms with van der Waals surface area (Å²) in [7, 11) is 1.54. The minimum atomic E-state index is -0.708. The molecule has 2 aliphatic rings. The van der Waals surface area contributed by atoms with Crippen LogP contribution in [0.25, 0.3) is 11.1 Å². The number of rotatable bonds is 5. The van der Waals surface area contributed by atoms with Crippen LogP contribution in [-0.4, -0.2) is 72.9 Å². The van der Waals surface area contributed by atoms with Crippen LogP contribution in [0.1, 0.15) is 51.6 Å². The average molecular weight is 505 g/mol. The third kappa shape index (κ3) is 7.41. The fourth-order valence-corrected chi connectivity index (χ4v) is 4.18. The second-order valence-corrected chi connectivity index (χ2v) is 9.78. The number of morpholine rings is 1. The molecular weight excluding hydrogens is 468 g/mol. The summed E-state index contributed by atoms with van der Waals surface area (Å²) in [6, 6.07) is 4.92. The van der Waals surface area contributed by atoms with Crippen LogP contribution in [0.5, 0.6) is 0 Å². The predicted octanol–water partition coefficient (Wildman–Crippen LogP) is 1.98. The minimum absolute atomic E-state index is 0.217. The van der Waals surface area contributed by atoms with E-state index in [0.29, 0.717) is 17.5 Å². The standard InChI is InChI=1S/C19H23N3O5.C6H13NO2/c23-16-7-6-15(18(24)20-16)22-14-5-1-3-13(17(14)27-19(22)25)4-2-8-21-9-11-26-12-10-21;1-6(2,3)9-5(8)7-4/h1,3,5,15H,2,4,6-12H2,(H,20,23,24);1-4H3,(H,7,8). The molecule has 1 atom stereocenters. The van der Waals surface area contributed by atoms with Gasteiger partial charge in [-0.3, -0.25) is 24.4 Å². The molecule has 2 aromatic rings. The van der Waals surface area contributed by atoms with E-state index in [2.05, 4.69) is 15.5 Å². The van der Waals surface area contributed by atoms with Crippen molar-refractivity contribution in [3.8, 4) is 0 Å². The van der Waals surface area contributed by atoms with E-state index in [1.807, 2.05) is 32.9 Å². The van der Waals surface area contributed by atoms with Crippen LogP contribution in [-0.2, 0) is 25.5 Å². The topological polar surface area (TPSA) is 132 Å². The predicted molar refractivity (Wildman–Crippen MR) is 133 cm³/mol. The third-order valence-electron chi connectivity index (χ3n) is 5.87. The molecule has 0 spiro atoms. The summed E-state index contributed by atoms with van der Waals surface area (Å²) in [5.41, 5.74) is 1.72. The van der Waals surface area contributed by atoms with Gasteiger partial charge in [0.2, 0.25) is 11.8 Å². The number of aryl methyl sites for hydroxylation is 1. The fourth-order valence-electron chi connectivity index (χ4n) is 4.18. The monoisotopic (exact) mass is 504 g/mol. The molecule has 1 aromatic carbocycles. The average Bonchev–Trinajstić information content (AvgIpc) is 3.16. The lowest BCUT2D eigenvalue weighted by molar-refractivity contribution is -0.135. The quantitative estimate of drug-likeness (QED) is 0.591. The molecule has 0 bridgehead atoms. The second kappa shape index (κ2) is 12.2. The van der Waals surface area contributed by atoms with Gasteiger partial charge in [-0.1, -0.05) is 12.1 Å². The third-order valence-corrected chi connectivity index (χ3v) is 5.87. The molecule has 0 radical (unpaired) electrons. The summed E-state index contributed by atoms with van der Waals surface area (Å²) >= 11 is 0. The molecule has 2 fully saturated rings. The molecule has 3 amide bonds. The van der Waals surface area contributed by atoms with Crippen molar-refractivity contribution in [2.75, 3.05) is 39.9 Å². The largest absolute Gasteiger partial charge is 0.444 e. The van der Waals surface area contributed by atoms with Crippen LogP contribution in [0.15, 0.2) is 27.4 Å². The van der Waals surface area contributed by atoms with Crippen LogP contribution in [0.2, 0.25) is 0 Å². The molecule has 2 N–H and O–H groups in total. The number of oxazole rings is 1. The van der Waals surface area contributed by atoms with E-state index in [4.69, 9.17) is 13.9 Å². The lowest BCUT2D eigenvalue weighted by atomic mass is 10.0. The molecule has 0 aliphatic carbocycles. The highest BCUT2D eigenvalue weighted by Gasteiger charge is 2.31. The van der Waals surface area contributed by atoms with Crippen molar-refractivity contribution in [1.29, 1.82) is 0 Å². The fraction of sp³-hybridized carbons (Fsp3) is 0.600. The number of hydrogen-bond donors (Lipinski definition) is 2. The number of piperidine rings is 1. The minimum Gasteiger partial charge on any atom is -0.444 e. The van der Waals surface area contributed by atoms with E-state index in [1.165, 1.54) is 11.6 Å². The normalized spacial score (nSPS) is 18.8. The van der Waals surface area contributed by atoms with E-state index < -0.39 is 17.7 Å². The zero-order chi connectivity index (χ0) is 26.3. The molecular formula is C25H36N4O7. The molecule has 3 heterocycles. The molecule has 4 rings (SSSR count). The Labute approximate surface area is 210 Å². The van der Waals surface area contributed by atoms with Crippen molar-refractivity contribution < 1.29 is 28.3 Å². The SMILES string of the molecule is CNC(=O)OC(C)(C)C.O=C1CCC(n2c(=O)oc3c(CCCN4CCOCC4)cccc32)C(=O)N1. The number of nitrogens with one attached hydrogen (secondary N) is 2. The molecule has 36 heavy (non-hydrogen) atoms. The Balaban J connectivity index is 0.000000345. The first kappa shape index (κ1) is 27.4. The molecule has 1 unspecified atom stereocenters. The number of benzene rings is 1. The van der Waals surface area contributed by atoms with Gasteiger partial charge in [0.25, 0.3) is 0 Å². The van der Waals surface area contributed by atoms with E-state index in [1.54, 1.807) is 6.07 Å². The Morgan fingerprint density at radius 2 is 1.92 bits per heavy atom. The van der Waals surface area contributed by atoms with Crippen molar-refractivity contribution in [2.45, 2.75) is 58.1 Å². The van der Waals surface area contributed by atoms with Crippen molar-refractivity contribution in [3.63, 3.8) is 0 Å². The summed E-state index contributed by atoms with van der Waals surface area (Å²) < 4.78 is 17.1. The number of carbonyl (C=O) groups excluding carboxylic acids is 3. The van der Waals surface area contributed by atoms with Crippen LogP contribution < -0.4 is 16.4 Å². The number of ether oxygens (including phenoxy) is 2. The van der Waals surface area contributed by atoms with Crippen molar-refractivity contribution in [3.05, 3.63) is 34.3 Å². The van der Waals surface area contributed by atoms with E-state index in [9.17, 15) is 19.2 Å². The number of hydrogen-bond acceptors (Lipinski definition) is 8. The van der Waals surface area contributed by atoms with E-state index in [0.717, 1.165) is 51.3 Å². The van der Waals surface area contributed by atoms with Gasteiger partial charge in [-0.15, -0.1) is 0 Å². The Morgan fingerprint density at radius 3 is 2.53 bits per heavy atom. The maximum Gasteiger partial charge on any atom is 0.420 e. The number of aromatic nitrogens is 1. The number of fused-ring (bicyclic) bond motifs is 1. The van der Waals surface area contributed by atoms with Crippen LogP contribution in [0.4, 0.5) is 4.79 Å². The first-order chi connectivity index (χ1) is 17.1. The summed E-state index contributed by atoms with van der Waals surface area (Å²) in [5.74, 6) is -1.31. The molecule has 11 heteroatoms. The van der Waals surface area contributed by atoms with Crippen LogP contribution in [0.3, 0.4) is 0 Å². The molecule has 0 saturated carbocycles. The van der Waals surface area contributed by atoms with Crippen LogP contribution >= 0.6 is 0 Å². The van der Waals surface area contributed by atoms with Gasteiger partial charge in [0.15, 0.2) is 5.58 Å². The number of nitrogens with zero attached hydrogens (tertiary/aromatic N) is 2. The summed E-state index contributed by atoms with van der Waals surface area (Å²) in [6.07, 6.45) is 1.88. The highest BCUT2D eigenvalue weighted by molar-refractivity contribution is 6.00. The Bertz CT molecular complexity index is 1130. The van der Waals surface area contributed by atoms with Gasteiger partial charge in [-0.25, -0.2) is 9.59 Å². The summed E-state index contributed by atoms with van der Waals surface area (Å²) in [6.45, 7) is 9.89. The maximum absolute atomic E-state index is 12.4. The Hall–Kier alpha value is -3.18. The van der Waals surface area contributed by atoms with Crippen molar-refractivity contribution in [1.82, 2.24) is 20.1 Å². The molecule has 198 valence electrons. The highest BCUT2D eigenvalue weighted by Crippen LogP contribution is 2.25. The highest BCUT2D eigenvalue weighted by atomic mass is 16.6.